The molecule has 29 heavy (non-hydrogen) atoms. The second kappa shape index (κ2) is 15.9. The lowest BCUT2D eigenvalue weighted by molar-refractivity contribution is 0.110. The maximum absolute atomic E-state index is 5.81. The topological polar surface area (TPSA) is 24.5 Å². The number of nitrogens with one attached hydrogen (secondary N) is 1. The summed E-state index contributed by atoms with van der Waals surface area (Å²) in [6.45, 7) is 23.6. The maximum atomic E-state index is 5.81. The van der Waals surface area contributed by atoms with Gasteiger partial charge in [-0.2, -0.15) is 0 Å². The second-order valence-corrected chi connectivity index (χ2v) is 9.20. The van der Waals surface area contributed by atoms with E-state index in [-0.39, 0.29) is 0 Å². The number of hydrogen-bond donors (Lipinski definition) is 1. The average Bonchev–Trinajstić information content (AvgIpc) is 2.69. The summed E-state index contributed by atoms with van der Waals surface area (Å²) in [7, 11) is 0. The fraction of sp³-hybridized carbons (Fsp3) is 0.769. The zero-order valence-electron chi connectivity index (χ0n) is 19.8. The van der Waals surface area contributed by atoms with Gasteiger partial charge in [0.25, 0.3) is 0 Å². The summed E-state index contributed by atoms with van der Waals surface area (Å²) in [6.07, 6.45) is 12.6. The predicted molar refractivity (Wildman–Crippen MR) is 128 cm³/mol. The third kappa shape index (κ3) is 11.8. The van der Waals surface area contributed by atoms with Crippen LogP contribution in [0.2, 0.25) is 0 Å². The van der Waals surface area contributed by atoms with Crippen molar-refractivity contribution in [1.29, 1.82) is 0 Å². The van der Waals surface area contributed by atoms with Crippen molar-refractivity contribution >= 4 is 0 Å². The number of rotatable bonds is 5. The van der Waals surface area contributed by atoms with E-state index in [1.54, 1.807) is 0 Å². The number of hydrogen-bond acceptors (Lipinski definition) is 3. The van der Waals surface area contributed by atoms with Crippen LogP contribution in [-0.4, -0.2) is 44.4 Å². The molecule has 0 radical (unpaired) electrons. The van der Waals surface area contributed by atoms with E-state index in [1.807, 2.05) is 6.08 Å². The van der Waals surface area contributed by atoms with Crippen molar-refractivity contribution in [2.45, 2.75) is 72.6 Å². The van der Waals surface area contributed by atoms with Gasteiger partial charge in [-0.25, -0.2) is 0 Å². The first-order valence-corrected chi connectivity index (χ1v) is 12.0. The van der Waals surface area contributed by atoms with Crippen molar-refractivity contribution in [3.8, 4) is 0 Å². The van der Waals surface area contributed by atoms with E-state index in [4.69, 9.17) is 4.74 Å². The number of nitrogens with zero attached hydrogens (tertiary/aromatic N) is 1. The molecule has 0 aromatic heterocycles. The van der Waals surface area contributed by atoms with E-state index in [1.165, 1.54) is 62.9 Å². The van der Waals surface area contributed by atoms with E-state index in [0.717, 1.165) is 43.7 Å². The molecule has 2 unspecified atom stereocenters. The molecule has 0 bridgehead atoms. The van der Waals surface area contributed by atoms with Crippen LogP contribution in [0.4, 0.5) is 0 Å². The summed E-state index contributed by atoms with van der Waals surface area (Å²) < 4.78 is 5.81. The number of ether oxygens (including phenoxy) is 1. The molecular formula is C26H48N2O. The lowest BCUT2D eigenvalue weighted by Crippen LogP contribution is -2.34. The van der Waals surface area contributed by atoms with Gasteiger partial charge in [0, 0.05) is 26.2 Å². The Kier molecular flexibility index (Phi) is 14.3. The Balaban J connectivity index is 2.82. The summed E-state index contributed by atoms with van der Waals surface area (Å²) in [4.78, 5) is 2.71. The Morgan fingerprint density at radius 3 is 2.55 bits per heavy atom. The van der Waals surface area contributed by atoms with E-state index in [2.05, 4.69) is 57.1 Å². The van der Waals surface area contributed by atoms with Crippen LogP contribution in [-0.2, 0) is 4.74 Å². The summed E-state index contributed by atoms with van der Waals surface area (Å²) >= 11 is 0. The molecular weight excluding hydrogens is 356 g/mol. The normalized spacial score (nSPS) is 26.5. The van der Waals surface area contributed by atoms with Crippen LogP contribution < -0.4 is 5.32 Å². The molecule has 1 saturated heterocycles. The van der Waals surface area contributed by atoms with Crippen molar-refractivity contribution in [2.24, 2.45) is 17.8 Å². The van der Waals surface area contributed by atoms with Gasteiger partial charge in [0.1, 0.15) is 0 Å². The van der Waals surface area contributed by atoms with Gasteiger partial charge in [-0.3, -0.25) is 5.32 Å². The molecule has 0 saturated carbocycles. The molecule has 0 aromatic carbocycles. The van der Waals surface area contributed by atoms with Crippen molar-refractivity contribution in [3.05, 3.63) is 36.5 Å². The highest BCUT2D eigenvalue weighted by Crippen LogP contribution is 2.27. The minimum Gasteiger partial charge on any atom is -0.366 e. The second-order valence-electron chi connectivity index (χ2n) is 9.20. The standard InChI is InChI=1S/C26H48N2O/c1-7-12-26-18-27-21-29-16-11-10-15-28(19-22(4)5)20-25(9-3)14-13-24(8-2)17-23(26)6/h7,12,22,24-25,27H,1,6,8-11,13-21H2,2-5H3/b26-12-. The smallest absolute Gasteiger partial charge is 0.0967 e. The first-order chi connectivity index (χ1) is 14.0. The van der Waals surface area contributed by atoms with Gasteiger partial charge < -0.3 is 9.64 Å². The highest BCUT2D eigenvalue weighted by Gasteiger charge is 2.17. The zero-order chi connectivity index (χ0) is 21.5. The van der Waals surface area contributed by atoms with Gasteiger partial charge in [-0.15, -0.1) is 0 Å². The van der Waals surface area contributed by atoms with E-state index in [0.29, 0.717) is 6.73 Å². The molecule has 1 aliphatic heterocycles. The lowest BCUT2D eigenvalue weighted by Gasteiger charge is -2.29. The van der Waals surface area contributed by atoms with Crippen LogP contribution in [0.1, 0.15) is 72.6 Å². The third-order valence-electron chi connectivity index (χ3n) is 6.12. The Bertz CT molecular complexity index is 483. The van der Waals surface area contributed by atoms with Crippen LogP contribution in [0, 0.1) is 17.8 Å². The van der Waals surface area contributed by atoms with Crippen LogP contribution in [0.15, 0.2) is 36.5 Å². The van der Waals surface area contributed by atoms with E-state index in [9.17, 15) is 0 Å². The summed E-state index contributed by atoms with van der Waals surface area (Å²) in [6, 6.07) is 0. The summed E-state index contributed by atoms with van der Waals surface area (Å²) in [5.41, 5.74) is 2.52. The van der Waals surface area contributed by atoms with Gasteiger partial charge in [-0.1, -0.05) is 71.4 Å². The van der Waals surface area contributed by atoms with Gasteiger partial charge in [0.15, 0.2) is 0 Å². The first kappa shape index (κ1) is 26.1. The largest absolute Gasteiger partial charge is 0.366 e. The monoisotopic (exact) mass is 404 g/mol. The third-order valence-corrected chi connectivity index (χ3v) is 6.12. The SMILES string of the molecule is C=C/C=C1/CNCOCCCCN(CC(C)C)CC(CC)CCC(CC)CC1=C. The van der Waals surface area contributed by atoms with Crippen molar-refractivity contribution in [2.75, 3.05) is 39.5 Å². The van der Waals surface area contributed by atoms with Gasteiger partial charge in [0.05, 0.1) is 6.73 Å². The fourth-order valence-corrected chi connectivity index (χ4v) is 4.28. The van der Waals surface area contributed by atoms with Crippen LogP contribution in [0.3, 0.4) is 0 Å². The van der Waals surface area contributed by atoms with Crippen molar-refractivity contribution < 1.29 is 4.74 Å². The Labute approximate surface area is 181 Å². The maximum Gasteiger partial charge on any atom is 0.0967 e. The molecule has 2 atom stereocenters. The summed E-state index contributed by atoms with van der Waals surface area (Å²) in [5.74, 6) is 2.24. The minimum absolute atomic E-state index is 0.604. The Morgan fingerprint density at radius 1 is 1.17 bits per heavy atom. The molecule has 3 nitrogen and oxygen atoms in total. The highest BCUT2D eigenvalue weighted by atomic mass is 16.5. The Morgan fingerprint density at radius 2 is 1.90 bits per heavy atom. The molecule has 0 amide bonds. The zero-order valence-corrected chi connectivity index (χ0v) is 19.8. The fourth-order valence-electron chi connectivity index (χ4n) is 4.28. The average molecular weight is 405 g/mol. The molecule has 0 aliphatic carbocycles. The van der Waals surface area contributed by atoms with E-state index < -0.39 is 0 Å². The number of allylic oxidation sites excluding steroid dienone is 2. The van der Waals surface area contributed by atoms with Gasteiger partial charge in [-0.05, 0) is 62.0 Å². The molecule has 1 N–H and O–H groups in total. The minimum atomic E-state index is 0.604. The van der Waals surface area contributed by atoms with E-state index >= 15 is 0 Å². The first-order valence-electron chi connectivity index (χ1n) is 12.0. The predicted octanol–water partition coefficient (Wildman–Crippen LogP) is 6.19. The Hall–Kier alpha value is -0.900. The molecule has 168 valence electrons. The molecule has 1 fully saturated rings. The van der Waals surface area contributed by atoms with Gasteiger partial charge in [0.2, 0.25) is 0 Å². The molecule has 1 rings (SSSR count). The molecule has 0 aromatic rings. The highest BCUT2D eigenvalue weighted by molar-refractivity contribution is 5.32. The molecule has 3 heteroatoms. The molecule has 0 spiro atoms. The quantitative estimate of drug-likeness (QED) is 0.591. The van der Waals surface area contributed by atoms with Gasteiger partial charge >= 0.3 is 0 Å². The van der Waals surface area contributed by atoms with Crippen LogP contribution in [0.5, 0.6) is 0 Å². The molecule has 1 heterocycles. The van der Waals surface area contributed by atoms with Crippen molar-refractivity contribution in [3.63, 3.8) is 0 Å². The van der Waals surface area contributed by atoms with Crippen molar-refractivity contribution in [1.82, 2.24) is 10.2 Å². The summed E-state index contributed by atoms with van der Waals surface area (Å²) in [5, 5.41) is 3.42. The molecule has 1 aliphatic rings. The lowest BCUT2D eigenvalue weighted by atomic mass is 9.86. The van der Waals surface area contributed by atoms with Crippen LogP contribution in [0.25, 0.3) is 0 Å². The van der Waals surface area contributed by atoms with Crippen LogP contribution >= 0.6 is 0 Å².